The molecule has 0 fully saturated rings. The highest BCUT2D eigenvalue weighted by atomic mass is 16.4. The van der Waals surface area contributed by atoms with E-state index >= 15 is 0 Å². The van der Waals surface area contributed by atoms with Gasteiger partial charge in [-0.05, 0) is 44.4 Å². The van der Waals surface area contributed by atoms with Gasteiger partial charge in [-0.2, -0.15) is 0 Å². The summed E-state index contributed by atoms with van der Waals surface area (Å²) in [7, 11) is 0. The third-order valence-electron chi connectivity index (χ3n) is 4.76. The van der Waals surface area contributed by atoms with Crippen LogP contribution in [0.3, 0.4) is 0 Å². The van der Waals surface area contributed by atoms with Crippen LogP contribution in [0.1, 0.15) is 80.1 Å². The predicted molar refractivity (Wildman–Crippen MR) is 132 cm³/mol. The number of rotatable bonds is 16. The van der Waals surface area contributed by atoms with Gasteiger partial charge in [0.25, 0.3) is 5.97 Å². The number of aliphatic carboxylic acids is 1. The molecule has 34 heavy (non-hydrogen) atoms. The number of ketones is 2. The Bertz CT molecular complexity index is 683. The van der Waals surface area contributed by atoms with Crippen molar-refractivity contribution in [2.75, 3.05) is 6.54 Å². The van der Waals surface area contributed by atoms with Gasteiger partial charge in [-0.1, -0.05) is 27.7 Å². The minimum absolute atomic E-state index is 0.00467. The van der Waals surface area contributed by atoms with E-state index in [1.54, 1.807) is 0 Å². The number of hydrogen-bond donors (Lipinski definition) is 4. The second-order valence-corrected chi connectivity index (χ2v) is 9.46. The SMILES string of the molecule is CC(=O)C[C@@H](CC(C)C)C(=O)N[C@@H](CC(C)C)C(=O)C[C@H](C=O)CCCN=C(N)N.CC(=O)O. The first-order valence-corrected chi connectivity index (χ1v) is 11.7. The highest BCUT2D eigenvalue weighted by Crippen LogP contribution is 2.19. The van der Waals surface area contributed by atoms with Crippen molar-refractivity contribution in [3.05, 3.63) is 0 Å². The van der Waals surface area contributed by atoms with Crippen LogP contribution in [-0.4, -0.2) is 53.4 Å². The molecule has 0 aliphatic rings. The number of nitrogens with zero attached hydrogens (tertiary/aromatic N) is 1. The van der Waals surface area contributed by atoms with Crippen molar-refractivity contribution in [2.45, 2.75) is 86.1 Å². The number of nitrogens with one attached hydrogen (secondary N) is 1. The maximum atomic E-state index is 12.9. The number of guanidine groups is 1. The second-order valence-electron chi connectivity index (χ2n) is 9.46. The van der Waals surface area contributed by atoms with Gasteiger partial charge in [-0.15, -0.1) is 0 Å². The molecule has 0 saturated heterocycles. The smallest absolute Gasteiger partial charge is 0.300 e. The van der Waals surface area contributed by atoms with Crippen molar-refractivity contribution in [2.24, 2.45) is 40.1 Å². The van der Waals surface area contributed by atoms with Crippen LogP contribution in [0.15, 0.2) is 4.99 Å². The zero-order valence-corrected chi connectivity index (χ0v) is 21.5. The summed E-state index contributed by atoms with van der Waals surface area (Å²) >= 11 is 0. The average Bonchev–Trinajstić information content (AvgIpc) is 2.67. The van der Waals surface area contributed by atoms with Crippen molar-refractivity contribution in [3.8, 4) is 0 Å². The fourth-order valence-corrected chi connectivity index (χ4v) is 3.41. The third kappa shape index (κ3) is 19.9. The van der Waals surface area contributed by atoms with Gasteiger partial charge in [0.1, 0.15) is 12.1 Å². The molecule has 0 aromatic carbocycles. The van der Waals surface area contributed by atoms with Gasteiger partial charge in [0.15, 0.2) is 11.7 Å². The first-order valence-electron chi connectivity index (χ1n) is 11.7. The molecule has 0 bridgehead atoms. The van der Waals surface area contributed by atoms with E-state index in [4.69, 9.17) is 21.4 Å². The van der Waals surface area contributed by atoms with E-state index in [0.29, 0.717) is 32.2 Å². The summed E-state index contributed by atoms with van der Waals surface area (Å²) < 4.78 is 0. The molecule has 0 unspecified atom stereocenters. The summed E-state index contributed by atoms with van der Waals surface area (Å²) in [5, 5.41) is 10.3. The van der Waals surface area contributed by atoms with Crippen LogP contribution in [0.25, 0.3) is 0 Å². The summed E-state index contributed by atoms with van der Waals surface area (Å²) in [4.78, 5) is 61.6. The number of aliphatic imine (C=N–C) groups is 1. The van der Waals surface area contributed by atoms with Gasteiger partial charge in [0.05, 0.1) is 6.04 Å². The van der Waals surface area contributed by atoms with E-state index in [2.05, 4.69) is 10.3 Å². The summed E-state index contributed by atoms with van der Waals surface area (Å²) in [6.45, 7) is 10.9. The standard InChI is InChI=1S/C22H40N4O4.C2H4O2/c1-14(2)9-18(11-16(5)28)21(30)26-19(10-15(3)4)20(29)12-17(13-27)7-6-8-25-22(23)24;1-2(3)4/h13-15,17-19H,6-12H2,1-5H3,(H,26,30)(H4,23,24,25);1H3,(H,3,4)/t17-,18-,19+;/m1./s1. The highest BCUT2D eigenvalue weighted by molar-refractivity contribution is 5.92. The number of hydrogen-bond acceptors (Lipinski definition) is 6. The molecule has 0 heterocycles. The molecule has 6 N–H and O–H groups in total. The van der Waals surface area contributed by atoms with Gasteiger partial charge in [0.2, 0.25) is 5.91 Å². The molecule has 0 aromatic heterocycles. The molecule has 10 heteroatoms. The Balaban J connectivity index is 0. The molecule has 0 rings (SSSR count). The van der Waals surface area contributed by atoms with E-state index in [-0.39, 0.29) is 48.1 Å². The highest BCUT2D eigenvalue weighted by Gasteiger charge is 2.28. The van der Waals surface area contributed by atoms with Crippen LogP contribution in [-0.2, 0) is 24.0 Å². The summed E-state index contributed by atoms with van der Waals surface area (Å²) in [5.74, 6) is -1.78. The summed E-state index contributed by atoms with van der Waals surface area (Å²) in [5.41, 5.74) is 10.6. The Morgan fingerprint density at radius 1 is 0.971 bits per heavy atom. The maximum Gasteiger partial charge on any atom is 0.300 e. The molecular weight excluding hydrogens is 440 g/mol. The quantitative estimate of drug-likeness (QED) is 0.111. The van der Waals surface area contributed by atoms with Crippen LogP contribution in [0.2, 0.25) is 0 Å². The number of carbonyl (C=O) groups is 5. The first kappa shape index (κ1) is 33.4. The molecule has 196 valence electrons. The van der Waals surface area contributed by atoms with Gasteiger partial charge in [-0.25, -0.2) is 0 Å². The van der Waals surface area contributed by atoms with Gasteiger partial charge in [-0.3, -0.25) is 19.4 Å². The Hall–Kier alpha value is -2.78. The Morgan fingerprint density at radius 3 is 1.91 bits per heavy atom. The lowest BCUT2D eigenvalue weighted by molar-refractivity contribution is -0.134. The van der Waals surface area contributed by atoms with Gasteiger partial charge < -0.3 is 31.5 Å². The van der Waals surface area contributed by atoms with Gasteiger partial charge in [0, 0.05) is 38.1 Å². The van der Waals surface area contributed by atoms with Crippen LogP contribution in [0.5, 0.6) is 0 Å². The van der Waals surface area contributed by atoms with Crippen molar-refractivity contribution in [1.29, 1.82) is 0 Å². The second kappa shape index (κ2) is 18.6. The van der Waals surface area contributed by atoms with Gasteiger partial charge >= 0.3 is 0 Å². The number of amides is 1. The van der Waals surface area contributed by atoms with Crippen molar-refractivity contribution in [3.63, 3.8) is 0 Å². The number of nitrogens with two attached hydrogens (primary N) is 2. The number of carboxylic acids is 1. The summed E-state index contributed by atoms with van der Waals surface area (Å²) in [6.07, 6.45) is 3.14. The molecular formula is C24H44N4O6. The third-order valence-corrected chi connectivity index (χ3v) is 4.76. The van der Waals surface area contributed by atoms with Crippen LogP contribution in [0, 0.1) is 23.7 Å². The van der Waals surface area contributed by atoms with Crippen LogP contribution in [0.4, 0.5) is 0 Å². The molecule has 0 aliphatic heterocycles. The zero-order valence-electron chi connectivity index (χ0n) is 21.5. The number of Topliss-reactive ketones (excluding diaryl/α,β-unsaturated/α-hetero) is 2. The lowest BCUT2D eigenvalue weighted by Crippen LogP contribution is -2.45. The average molecular weight is 485 g/mol. The number of carbonyl (C=O) groups excluding carboxylic acids is 4. The first-order chi connectivity index (χ1) is 15.7. The zero-order chi connectivity index (χ0) is 26.8. The molecule has 0 radical (unpaired) electrons. The molecule has 1 amide bonds. The van der Waals surface area contributed by atoms with E-state index in [1.165, 1.54) is 6.92 Å². The Kier molecular flexibility index (Phi) is 18.3. The van der Waals surface area contributed by atoms with Crippen LogP contribution < -0.4 is 16.8 Å². The predicted octanol–water partition coefficient (Wildman–Crippen LogP) is 2.08. The lowest BCUT2D eigenvalue weighted by Gasteiger charge is -2.24. The Labute approximate surface area is 203 Å². The van der Waals surface area contributed by atoms with Crippen molar-refractivity contribution < 1.29 is 29.1 Å². The molecule has 0 saturated carbocycles. The van der Waals surface area contributed by atoms with E-state index in [1.807, 2.05) is 27.7 Å². The normalized spacial score (nSPS) is 13.2. The topological polar surface area (TPSA) is 182 Å². The fraction of sp³-hybridized carbons (Fsp3) is 0.750. The molecule has 10 nitrogen and oxygen atoms in total. The Morgan fingerprint density at radius 2 is 1.50 bits per heavy atom. The van der Waals surface area contributed by atoms with Crippen molar-refractivity contribution >= 4 is 35.7 Å². The molecule has 0 spiro atoms. The van der Waals surface area contributed by atoms with Crippen molar-refractivity contribution in [1.82, 2.24) is 5.32 Å². The van der Waals surface area contributed by atoms with E-state index in [0.717, 1.165) is 13.2 Å². The van der Waals surface area contributed by atoms with E-state index < -0.39 is 23.8 Å². The maximum absolute atomic E-state index is 12.9. The minimum atomic E-state index is -0.833. The van der Waals surface area contributed by atoms with E-state index in [9.17, 15) is 19.2 Å². The number of carboxylic acid groups (broad SMARTS) is 1. The molecule has 0 aliphatic carbocycles. The van der Waals surface area contributed by atoms with Crippen LogP contribution >= 0.6 is 0 Å². The monoisotopic (exact) mass is 484 g/mol. The molecule has 0 aromatic rings. The fourth-order valence-electron chi connectivity index (χ4n) is 3.41. The minimum Gasteiger partial charge on any atom is -0.481 e. The number of aldehydes is 1. The summed E-state index contributed by atoms with van der Waals surface area (Å²) in [6, 6.07) is -0.667. The largest absolute Gasteiger partial charge is 0.481 e. The lowest BCUT2D eigenvalue weighted by atomic mass is 9.89. The molecule has 3 atom stereocenters.